The summed E-state index contributed by atoms with van der Waals surface area (Å²) in [6.07, 6.45) is 0.899. The lowest BCUT2D eigenvalue weighted by Crippen LogP contribution is -2.70. The molecule has 15 heteroatoms. The number of para-hydroxylation sites is 1. The molecule has 7 aliphatic heterocycles. The summed E-state index contributed by atoms with van der Waals surface area (Å²) < 4.78 is 36.6. The molecule has 310 valence electrons. The molecule has 59 heavy (non-hydrogen) atoms. The molecule has 1 amide bonds. The first-order valence-corrected chi connectivity index (χ1v) is 21.1. The number of nitrogens with zero attached hydrogens (tertiary/aromatic N) is 2. The Hall–Kier alpha value is -4.93. The largest absolute Gasteiger partial charge is 0.504 e. The smallest absolute Gasteiger partial charge is 0.407 e. The van der Waals surface area contributed by atoms with E-state index in [4.69, 9.17) is 28.1 Å². The monoisotopic (exact) mass is 824 g/mol. The van der Waals surface area contributed by atoms with Crippen molar-refractivity contribution in [3.05, 3.63) is 93.3 Å². The van der Waals surface area contributed by atoms with E-state index < -0.39 is 48.0 Å². The Morgan fingerprint density at radius 1 is 1.12 bits per heavy atom. The van der Waals surface area contributed by atoms with Crippen LogP contribution in [0.15, 0.2) is 47.4 Å². The highest BCUT2D eigenvalue weighted by molar-refractivity contribution is 7.99. The number of furan rings is 1. The summed E-state index contributed by atoms with van der Waals surface area (Å²) in [5, 5.41) is 31.7. The fourth-order valence-electron chi connectivity index (χ4n) is 10.9. The molecular weight excluding hydrogens is 777 g/mol. The minimum atomic E-state index is -1.48. The zero-order valence-corrected chi connectivity index (χ0v) is 34.4. The maximum absolute atomic E-state index is 15.1. The van der Waals surface area contributed by atoms with Crippen LogP contribution >= 0.6 is 11.8 Å². The Balaban J connectivity index is 1.16. The Kier molecular flexibility index (Phi) is 9.14. The van der Waals surface area contributed by atoms with Crippen LogP contribution in [-0.2, 0) is 32.6 Å². The van der Waals surface area contributed by atoms with E-state index in [9.17, 15) is 15.0 Å². The quantitative estimate of drug-likeness (QED) is 0.155. The van der Waals surface area contributed by atoms with Gasteiger partial charge in [0.15, 0.2) is 28.5 Å². The number of carbonyl (C=O) groups excluding carboxylic acids is 2. The molecule has 0 aliphatic carbocycles. The molecule has 1 aromatic heterocycles. The number of aromatic hydroxyl groups is 1. The van der Waals surface area contributed by atoms with E-state index in [1.54, 1.807) is 18.9 Å². The second-order valence-corrected chi connectivity index (χ2v) is 17.6. The Morgan fingerprint density at radius 3 is 2.71 bits per heavy atom. The number of nitrogens with one attached hydrogen (secondary N) is 2. The summed E-state index contributed by atoms with van der Waals surface area (Å²) in [5.74, 6) is 1.89. The summed E-state index contributed by atoms with van der Waals surface area (Å²) in [5.41, 5.74) is 6.44. The lowest BCUT2D eigenvalue weighted by atomic mass is 9.72. The number of fused-ring (bicyclic) bond motifs is 11. The van der Waals surface area contributed by atoms with Crippen molar-refractivity contribution in [3.63, 3.8) is 0 Å². The van der Waals surface area contributed by atoms with Crippen LogP contribution in [0.4, 0.5) is 4.79 Å². The van der Waals surface area contributed by atoms with Crippen LogP contribution in [0.25, 0.3) is 11.0 Å². The summed E-state index contributed by atoms with van der Waals surface area (Å²) in [6.45, 7) is 9.84. The Morgan fingerprint density at radius 2 is 1.92 bits per heavy atom. The lowest BCUT2D eigenvalue weighted by Gasteiger charge is -2.62. The van der Waals surface area contributed by atoms with E-state index in [1.165, 1.54) is 6.08 Å². The van der Waals surface area contributed by atoms with Gasteiger partial charge in [0.2, 0.25) is 6.79 Å². The highest BCUT2D eigenvalue weighted by Crippen LogP contribution is 2.63. The van der Waals surface area contributed by atoms with Crippen LogP contribution in [0.3, 0.4) is 0 Å². The predicted octanol–water partition coefficient (Wildman–Crippen LogP) is 5.11. The minimum absolute atomic E-state index is 0.0508. The Labute approximate surface area is 345 Å². The molecule has 14 nitrogen and oxygen atoms in total. The summed E-state index contributed by atoms with van der Waals surface area (Å²) in [4.78, 5) is 32.1. The number of aliphatic hydroxyl groups is 1. The van der Waals surface area contributed by atoms with E-state index in [1.807, 2.05) is 45.2 Å². The number of likely N-dealkylation sites (N-methyl/N-ethyl adjacent to an activating group) is 1. The SMILES string of the molecule is C=CCOC(=O)NC[C@H]1Cc2c(oc3ccccc23)[C@@]2(CS[C@@H]3c4c(C)c(C)c5c(c4[C@H](COC2=O)N2[C@@H]3[C@H]3c4c(cc(C)c(OC)c4O)C[C@@H]([C@@H]2O)N3C)OCO5)N1. The molecule has 2 fully saturated rings. The topological polar surface area (TPSA) is 164 Å². The standard InChI is InChI=1S/C44H48N4O10S/c1-7-12-54-43(52)45-16-24-15-26-25-10-8-9-11-29(25)58-40(26)44(46-24)18-59-39-30-21(3)22(4)37-38(57-19-56-37)32(30)28(17-55-42(44)51)48-34(39)33-31-23(14-27(41(48)50)47(33)5)13-20(2)36(53-6)35(31)49/h7-11,13,24,27-28,33-34,39,41,46,49-50H,1,12,14-19H2,2-6H3,(H,45,52)/t24-,27+,28+,33-,34-,39-,41+,44-/m1/s1. The molecule has 3 aromatic carbocycles. The first-order valence-electron chi connectivity index (χ1n) is 20.1. The second-order valence-electron chi connectivity index (χ2n) is 16.5. The number of carbonyl (C=O) groups is 2. The minimum Gasteiger partial charge on any atom is -0.504 e. The molecule has 8 heterocycles. The number of phenols is 1. The number of aliphatic hydroxyl groups excluding tert-OH is 1. The van der Waals surface area contributed by atoms with Gasteiger partial charge in [0.25, 0.3) is 0 Å². The van der Waals surface area contributed by atoms with Crippen LogP contribution in [0.5, 0.6) is 23.0 Å². The average molecular weight is 825 g/mol. The number of esters is 1. The number of ether oxygens (including phenoxy) is 5. The van der Waals surface area contributed by atoms with Crippen LogP contribution < -0.4 is 24.8 Å². The molecular formula is C44H48N4O10S. The number of amides is 1. The van der Waals surface area contributed by atoms with Crippen molar-refractivity contribution in [1.82, 2.24) is 20.4 Å². The number of benzene rings is 3. The molecule has 0 saturated carbocycles. The third-order valence-electron chi connectivity index (χ3n) is 13.5. The van der Waals surface area contributed by atoms with Gasteiger partial charge in [0.1, 0.15) is 30.8 Å². The van der Waals surface area contributed by atoms with Gasteiger partial charge in [-0.3, -0.25) is 15.1 Å². The number of hydrogen-bond donors (Lipinski definition) is 4. The van der Waals surface area contributed by atoms with E-state index in [0.717, 1.165) is 49.9 Å². The number of hydrogen-bond acceptors (Lipinski definition) is 14. The van der Waals surface area contributed by atoms with Crippen LogP contribution in [-0.4, -0.2) is 103 Å². The molecule has 4 aromatic rings. The van der Waals surface area contributed by atoms with Crippen molar-refractivity contribution in [2.45, 2.75) is 80.8 Å². The molecule has 8 atom stereocenters. The van der Waals surface area contributed by atoms with Gasteiger partial charge in [-0.1, -0.05) is 36.9 Å². The van der Waals surface area contributed by atoms with Gasteiger partial charge in [-0.25, -0.2) is 9.59 Å². The van der Waals surface area contributed by atoms with Crippen molar-refractivity contribution in [3.8, 4) is 23.0 Å². The normalized spacial score (nSPS) is 29.3. The van der Waals surface area contributed by atoms with Gasteiger partial charge in [-0.05, 0) is 74.5 Å². The van der Waals surface area contributed by atoms with Gasteiger partial charge in [0.05, 0.1) is 25.2 Å². The van der Waals surface area contributed by atoms with Crippen molar-refractivity contribution in [2.24, 2.45) is 0 Å². The van der Waals surface area contributed by atoms with Gasteiger partial charge in [-0.2, -0.15) is 0 Å². The lowest BCUT2D eigenvalue weighted by molar-refractivity contribution is -0.186. The number of rotatable bonds is 5. The molecule has 0 unspecified atom stereocenters. The summed E-state index contributed by atoms with van der Waals surface area (Å²) >= 11 is 1.58. The molecule has 4 bridgehead atoms. The van der Waals surface area contributed by atoms with E-state index in [2.05, 4.69) is 40.0 Å². The molecule has 11 rings (SSSR count). The summed E-state index contributed by atoms with van der Waals surface area (Å²) in [6, 6.07) is 7.57. The van der Waals surface area contributed by atoms with Gasteiger partial charge in [-0.15, -0.1) is 11.8 Å². The third kappa shape index (κ3) is 5.47. The molecule has 7 aliphatic rings. The van der Waals surface area contributed by atoms with E-state index in [0.29, 0.717) is 41.4 Å². The predicted molar refractivity (Wildman–Crippen MR) is 218 cm³/mol. The fourth-order valence-corrected chi connectivity index (χ4v) is 12.6. The van der Waals surface area contributed by atoms with Crippen LogP contribution in [0.2, 0.25) is 0 Å². The van der Waals surface area contributed by atoms with Crippen LogP contribution in [0.1, 0.15) is 67.6 Å². The molecule has 0 radical (unpaired) electrons. The second kappa shape index (κ2) is 14.1. The van der Waals surface area contributed by atoms with E-state index >= 15 is 4.79 Å². The average Bonchev–Trinajstić information content (AvgIpc) is 3.87. The fraction of sp³-hybridized carbons (Fsp3) is 0.455. The van der Waals surface area contributed by atoms with Gasteiger partial charge < -0.3 is 43.6 Å². The number of alkyl carbamates (subject to hydrolysis) is 1. The maximum Gasteiger partial charge on any atom is 0.407 e. The Bertz CT molecular complexity index is 2440. The first-order chi connectivity index (χ1) is 28.5. The zero-order valence-electron chi connectivity index (χ0n) is 33.6. The van der Waals surface area contributed by atoms with Crippen molar-refractivity contribution < 1.29 is 47.9 Å². The zero-order chi connectivity index (χ0) is 41.1. The van der Waals surface area contributed by atoms with Gasteiger partial charge >= 0.3 is 12.1 Å². The highest BCUT2D eigenvalue weighted by Gasteiger charge is 2.61. The van der Waals surface area contributed by atoms with E-state index in [-0.39, 0.29) is 49.3 Å². The summed E-state index contributed by atoms with van der Waals surface area (Å²) in [7, 11) is 3.58. The number of aryl methyl sites for hydroxylation is 1. The highest BCUT2D eigenvalue weighted by atomic mass is 32.2. The number of piperazine rings is 1. The van der Waals surface area contributed by atoms with Gasteiger partial charge in [0, 0.05) is 51.7 Å². The van der Waals surface area contributed by atoms with Crippen LogP contribution in [0, 0.1) is 20.8 Å². The van der Waals surface area contributed by atoms with Crippen molar-refractivity contribution >= 4 is 34.8 Å². The molecule has 4 N–H and O–H groups in total. The van der Waals surface area contributed by atoms with Crippen molar-refractivity contribution in [2.75, 3.05) is 46.5 Å². The molecule has 2 saturated heterocycles. The molecule has 1 spiro atoms. The maximum atomic E-state index is 15.1. The number of phenolic OH excluding ortho intramolecular Hbond substituents is 1. The number of thioether (sulfide) groups is 1. The first kappa shape index (κ1) is 38.3. The third-order valence-corrected chi connectivity index (χ3v) is 15.0. The van der Waals surface area contributed by atoms with Crippen molar-refractivity contribution in [1.29, 1.82) is 0 Å². The number of methoxy groups -OCH3 is 1.